The van der Waals surface area contributed by atoms with Crippen molar-refractivity contribution in [2.24, 2.45) is 0 Å². The van der Waals surface area contributed by atoms with Crippen LogP contribution >= 0.6 is 0 Å². The summed E-state index contributed by atoms with van der Waals surface area (Å²) >= 11 is 0. The number of fused-ring (bicyclic) bond motifs is 1. The van der Waals surface area contributed by atoms with Gasteiger partial charge in [-0.2, -0.15) is 0 Å². The largest absolute Gasteiger partial charge is 0.495 e. The molecule has 0 amide bonds. The van der Waals surface area contributed by atoms with Gasteiger partial charge in [-0.1, -0.05) is 36.1 Å². The molecular formula is C25H22N4O3S. The predicted molar refractivity (Wildman–Crippen MR) is 130 cm³/mol. The van der Waals surface area contributed by atoms with E-state index in [1.807, 2.05) is 31.1 Å². The van der Waals surface area contributed by atoms with Gasteiger partial charge in [-0.25, -0.2) is 8.42 Å². The van der Waals surface area contributed by atoms with Crippen LogP contribution in [0.15, 0.2) is 78.1 Å². The zero-order chi connectivity index (χ0) is 23.4. The van der Waals surface area contributed by atoms with Crippen molar-refractivity contribution < 1.29 is 13.2 Å². The van der Waals surface area contributed by atoms with Gasteiger partial charge in [0.05, 0.1) is 23.9 Å². The fourth-order valence-corrected chi connectivity index (χ4v) is 4.66. The van der Waals surface area contributed by atoms with E-state index in [1.165, 1.54) is 0 Å². The number of pyridine rings is 2. The first-order valence-electron chi connectivity index (χ1n) is 10.1. The lowest BCUT2D eigenvalue weighted by Crippen LogP contribution is -2.15. The average molecular weight is 459 g/mol. The van der Waals surface area contributed by atoms with Gasteiger partial charge in [-0.15, -0.1) is 0 Å². The number of ether oxygens (including phenoxy) is 1. The van der Waals surface area contributed by atoms with Crippen molar-refractivity contribution in [3.05, 3.63) is 84.3 Å². The minimum absolute atomic E-state index is 0.0976. The summed E-state index contributed by atoms with van der Waals surface area (Å²) in [5, 5.41) is 0.752. The number of sulfonamides is 1. The molecule has 4 aromatic rings. The topological polar surface area (TPSA) is 84.4 Å². The molecule has 2 aromatic heterocycles. The van der Waals surface area contributed by atoms with Gasteiger partial charge in [0, 0.05) is 49.3 Å². The first-order chi connectivity index (χ1) is 15.9. The van der Waals surface area contributed by atoms with Gasteiger partial charge in [0.15, 0.2) is 0 Å². The fourth-order valence-electron chi connectivity index (χ4n) is 3.41. The highest BCUT2D eigenvalue weighted by Gasteiger charge is 2.20. The third kappa shape index (κ3) is 4.59. The molecule has 0 aliphatic heterocycles. The van der Waals surface area contributed by atoms with Crippen LogP contribution in [0.1, 0.15) is 11.1 Å². The van der Waals surface area contributed by atoms with Crippen LogP contribution in [0.2, 0.25) is 0 Å². The van der Waals surface area contributed by atoms with Crippen molar-refractivity contribution in [2.75, 3.05) is 30.8 Å². The molecule has 1 N–H and O–H groups in total. The van der Waals surface area contributed by atoms with E-state index >= 15 is 0 Å². The van der Waals surface area contributed by atoms with Crippen LogP contribution in [0, 0.1) is 11.8 Å². The highest BCUT2D eigenvalue weighted by Crippen LogP contribution is 2.30. The van der Waals surface area contributed by atoms with Crippen LogP contribution < -0.4 is 14.4 Å². The van der Waals surface area contributed by atoms with Gasteiger partial charge < -0.3 is 9.64 Å². The zero-order valence-corrected chi connectivity index (χ0v) is 19.2. The molecule has 0 atom stereocenters. The molecule has 7 nitrogen and oxygen atoms in total. The number of methoxy groups -OCH3 is 1. The Morgan fingerprint density at radius 2 is 1.73 bits per heavy atom. The maximum absolute atomic E-state index is 13.4. The summed E-state index contributed by atoms with van der Waals surface area (Å²) < 4.78 is 34.7. The SMILES string of the molecule is COc1ccncc1C#Cc1ccccc1NS(=O)(=O)c1cccc2c(N(C)C)ccnc12. The average Bonchev–Trinajstić information content (AvgIpc) is 2.82. The summed E-state index contributed by atoms with van der Waals surface area (Å²) in [6, 6.07) is 15.7. The Hall–Kier alpha value is -4.09. The summed E-state index contributed by atoms with van der Waals surface area (Å²) in [4.78, 5) is 10.4. The third-order valence-electron chi connectivity index (χ3n) is 4.99. The number of nitrogens with one attached hydrogen (secondary N) is 1. The summed E-state index contributed by atoms with van der Waals surface area (Å²) in [7, 11) is 1.43. The summed E-state index contributed by atoms with van der Waals surface area (Å²) in [5.74, 6) is 6.62. The first-order valence-corrected chi connectivity index (χ1v) is 11.6. The lowest BCUT2D eigenvalue weighted by molar-refractivity contribution is 0.413. The molecular weight excluding hydrogens is 436 g/mol. The van der Waals surface area contributed by atoms with E-state index in [0.29, 0.717) is 28.1 Å². The lowest BCUT2D eigenvalue weighted by Gasteiger charge is -2.16. The number of hydrogen-bond acceptors (Lipinski definition) is 6. The number of nitrogens with zero attached hydrogens (tertiary/aromatic N) is 3. The predicted octanol–water partition coefficient (Wildman–Crippen LogP) is 3.91. The van der Waals surface area contributed by atoms with E-state index < -0.39 is 10.0 Å². The second-order valence-electron chi connectivity index (χ2n) is 7.35. The van der Waals surface area contributed by atoms with Crippen molar-refractivity contribution >= 4 is 32.3 Å². The number of rotatable bonds is 5. The molecule has 4 rings (SSSR count). The molecule has 0 fully saturated rings. The second-order valence-corrected chi connectivity index (χ2v) is 9.00. The minimum Gasteiger partial charge on any atom is -0.495 e. The lowest BCUT2D eigenvalue weighted by atomic mass is 10.1. The van der Waals surface area contributed by atoms with Crippen molar-refractivity contribution in [1.29, 1.82) is 0 Å². The van der Waals surface area contributed by atoms with Gasteiger partial charge in [0.2, 0.25) is 0 Å². The monoisotopic (exact) mass is 458 g/mol. The molecule has 2 aromatic carbocycles. The van der Waals surface area contributed by atoms with Gasteiger partial charge in [-0.05, 0) is 30.3 Å². The molecule has 0 unspecified atom stereocenters. The van der Waals surface area contributed by atoms with Crippen LogP contribution in [0.25, 0.3) is 10.9 Å². The van der Waals surface area contributed by atoms with Gasteiger partial charge in [0.25, 0.3) is 10.0 Å². The number of benzene rings is 2. The summed E-state index contributed by atoms with van der Waals surface area (Å²) in [5.41, 5.74) is 2.78. The number of anilines is 2. The van der Waals surface area contributed by atoms with E-state index in [9.17, 15) is 8.42 Å². The Morgan fingerprint density at radius 3 is 2.52 bits per heavy atom. The molecule has 166 valence electrons. The van der Waals surface area contributed by atoms with E-state index in [2.05, 4.69) is 26.5 Å². The number of para-hydroxylation sites is 2. The normalized spacial score (nSPS) is 10.9. The molecule has 0 spiro atoms. The van der Waals surface area contributed by atoms with Crippen LogP contribution in [0.3, 0.4) is 0 Å². The zero-order valence-electron chi connectivity index (χ0n) is 18.4. The van der Waals surface area contributed by atoms with Gasteiger partial charge in [-0.3, -0.25) is 14.7 Å². The summed E-state index contributed by atoms with van der Waals surface area (Å²) in [6.07, 6.45) is 4.83. The third-order valence-corrected chi connectivity index (χ3v) is 6.38. The van der Waals surface area contributed by atoms with Crippen LogP contribution in [0.4, 0.5) is 11.4 Å². The van der Waals surface area contributed by atoms with Crippen LogP contribution in [-0.2, 0) is 10.0 Å². The fraction of sp³-hybridized carbons (Fsp3) is 0.120. The molecule has 0 aliphatic carbocycles. The minimum atomic E-state index is -3.94. The summed E-state index contributed by atoms with van der Waals surface area (Å²) in [6.45, 7) is 0. The quantitative estimate of drug-likeness (QED) is 0.457. The standard InChI is InChI=1S/C25H22N4O3S/c1-29(2)22-13-16-27-25-20(22)8-6-10-24(25)33(30,31)28-21-9-5-4-7-18(21)11-12-19-17-26-15-14-23(19)32-3/h4-10,13-17,28H,1-3H3. The van der Waals surface area contributed by atoms with E-state index in [1.54, 1.807) is 68.2 Å². The maximum atomic E-state index is 13.4. The molecule has 0 saturated heterocycles. The smallest absolute Gasteiger partial charge is 0.264 e. The number of hydrogen-bond donors (Lipinski definition) is 1. The van der Waals surface area contributed by atoms with E-state index in [-0.39, 0.29) is 4.90 Å². The maximum Gasteiger partial charge on any atom is 0.264 e. The Kier molecular flexibility index (Phi) is 6.16. The Morgan fingerprint density at radius 1 is 0.939 bits per heavy atom. The van der Waals surface area contributed by atoms with Crippen LogP contribution in [-0.4, -0.2) is 39.6 Å². The first kappa shape index (κ1) is 22.1. The molecule has 0 aliphatic rings. The van der Waals surface area contributed by atoms with Crippen LogP contribution in [0.5, 0.6) is 5.75 Å². The van der Waals surface area contributed by atoms with Crippen molar-refractivity contribution in [1.82, 2.24) is 9.97 Å². The molecule has 0 bridgehead atoms. The molecule has 0 saturated carbocycles. The van der Waals surface area contributed by atoms with Crippen molar-refractivity contribution in [3.8, 4) is 17.6 Å². The molecule has 33 heavy (non-hydrogen) atoms. The molecule has 0 radical (unpaired) electrons. The van der Waals surface area contributed by atoms with Crippen molar-refractivity contribution in [3.63, 3.8) is 0 Å². The highest BCUT2D eigenvalue weighted by molar-refractivity contribution is 7.93. The van der Waals surface area contributed by atoms with Crippen molar-refractivity contribution in [2.45, 2.75) is 4.90 Å². The molecule has 8 heteroatoms. The Labute approximate surface area is 193 Å². The van der Waals surface area contributed by atoms with E-state index in [0.717, 1.165) is 11.1 Å². The molecule has 2 heterocycles. The Bertz CT molecular complexity index is 1490. The highest BCUT2D eigenvalue weighted by atomic mass is 32.2. The van der Waals surface area contributed by atoms with Gasteiger partial charge >= 0.3 is 0 Å². The Balaban J connectivity index is 1.75. The van der Waals surface area contributed by atoms with E-state index in [4.69, 9.17) is 4.74 Å². The van der Waals surface area contributed by atoms with Gasteiger partial charge in [0.1, 0.15) is 10.6 Å². The number of aromatic nitrogens is 2. The second kappa shape index (κ2) is 9.18.